The summed E-state index contributed by atoms with van der Waals surface area (Å²) in [5.41, 5.74) is 6.63. The average molecular weight is 204 g/mol. The van der Waals surface area contributed by atoms with E-state index >= 15 is 0 Å². The highest BCUT2D eigenvalue weighted by Gasteiger charge is 2.13. The van der Waals surface area contributed by atoms with Gasteiger partial charge in [0.2, 0.25) is 11.8 Å². The Bertz CT molecular complexity index is 426. The van der Waals surface area contributed by atoms with E-state index in [1.165, 1.54) is 0 Å². The van der Waals surface area contributed by atoms with Crippen LogP contribution in [0.4, 0.5) is 0 Å². The van der Waals surface area contributed by atoms with E-state index in [1.54, 1.807) is 12.4 Å². The van der Waals surface area contributed by atoms with Crippen LogP contribution in [0.25, 0.3) is 11.5 Å². The number of aromatic nitrogens is 3. The Labute approximate surface area is 87.3 Å². The molecule has 0 aliphatic heterocycles. The maximum Gasteiger partial charge on any atom is 0.247 e. The summed E-state index contributed by atoms with van der Waals surface area (Å²) in [7, 11) is 0. The van der Waals surface area contributed by atoms with Crippen molar-refractivity contribution in [1.29, 1.82) is 0 Å². The standard InChI is InChI=1S/C10H12N4O/c1-2-8(11)10-14-13-9(15-10)7-3-5-12-6-4-7/h3-6,8H,2,11H2,1H3. The van der Waals surface area contributed by atoms with Crippen LogP contribution in [0, 0.1) is 0 Å². The fourth-order valence-corrected chi connectivity index (χ4v) is 1.17. The monoisotopic (exact) mass is 204 g/mol. The first-order chi connectivity index (χ1) is 7.31. The summed E-state index contributed by atoms with van der Waals surface area (Å²) in [6.45, 7) is 1.97. The highest BCUT2D eigenvalue weighted by Crippen LogP contribution is 2.19. The van der Waals surface area contributed by atoms with Gasteiger partial charge in [-0.25, -0.2) is 0 Å². The maximum absolute atomic E-state index is 5.78. The first kappa shape index (κ1) is 9.79. The topological polar surface area (TPSA) is 77.8 Å². The Kier molecular flexibility index (Phi) is 2.73. The number of hydrogen-bond donors (Lipinski definition) is 1. The van der Waals surface area contributed by atoms with Crippen LogP contribution in [0.2, 0.25) is 0 Å². The molecule has 2 aromatic rings. The molecule has 0 saturated carbocycles. The second-order valence-electron chi connectivity index (χ2n) is 3.20. The molecule has 2 aromatic heterocycles. The van der Waals surface area contributed by atoms with Gasteiger partial charge in [-0.15, -0.1) is 10.2 Å². The molecule has 1 unspecified atom stereocenters. The Morgan fingerprint density at radius 1 is 1.33 bits per heavy atom. The van der Waals surface area contributed by atoms with Crippen molar-refractivity contribution in [1.82, 2.24) is 15.2 Å². The number of nitrogens with two attached hydrogens (primary N) is 1. The molecule has 0 radical (unpaired) electrons. The third kappa shape index (κ3) is 2.02. The van der Waals surface area contributed by atoms with Gasteiger partial charge in [0.05, 0.1) is 6.04 Å². The van der Waals surface area contributed by atoms with E-state index in [0.717, 1.165) is 12.0 Å². The molecule has 2 heterocycles. The lowest BCUT2D eigenvalue weighted by molar-refractivity contribution is 0.452. The Morgan fingerprint density at radius 2 is 2.07 bits per heavy atom. The van der Waals surface area contributed by atoms with E-state index in [4.69, 9.17) is 10.2 Å². The van der Waals surface area contributed by atoms with Crippen LogP contribution in [-0.2, 0) is 0 Å². The van der Waals surface area contributed by atoms with E-state index in [2.05, 4.69) is 15.2 Å². The molecule has 15 heavy (non-hydrogen) atoms. The third-order valence-corrected chi connectivity index (χ3v) is 2.12. The van der Waals surface area contributed by atoms with Crippen molar-refractivity contribution in [3.63, 3.8) is 0 Å². The first-order valence-corrected chi connectivity index (χ1v) is 4.80. The molecular formula is C10H12N4O. The van der Waals surface area contributed by atoms with E-state index in [9.17, 15) is 0 Å². The van der Waals surface area contributed by atoms with Crippen LogP contribution in [-0.4, -0.2) is 15.2 Å². The third-order valence-electron chi connectivity index (χ3n) is 2.12. The van der Waals surface area contributed by atoms with Gasteiger partial charge in [0.15, 0.2) is 0 Å². The Balaban J connectivity index is 2.28. The van der Waals surface area contributed by atoms with Crippen molar-refractivity contribution in [2.75, 3.05) is 0 Å². The molecule has 5 nitrogen and oxygen atoms in total. The van der Waals surface area contributed by atoms with Crippen LogP contribution in [0.5, 0.6) is 0 Å². The lowest BCUT2D eigenvalue weighted by atomic mass is 10.2. The summed E-state index contributed by atoms with van der Waals surface area (Å²) in [5.74, 6) is 0.959. The SMILES string of the molecule is CCC(N)c1nnc(-c2ccncc2)o1. The summed E-state index contributed by atoms with van der Waals surface area (Å²) < 4.78 is 5.45. The number of nitrogens with zero attached hydrogens (tertiary/aromatic N) is 3. The van der Waals surface area contributed by atoms with E-state index in [-0.39, 0.29) is 6.04 Å². The first-order valence-electron chi connectivity index (χ1n) is 4.80. The van der Waals surface area contributed by atoms with Crippen molar-refractivity contribution < 1.29 is 4.42 Å². The zero-order chi connectivity index (χ0) is 10.7. The number of rotatable bonds is 3. The minimum atomic E-state index is -0.187. The minimum absolute atomic E-state index is 0.187. The predicted octanol–water partition coefficient (Wildman–Crippen LogP) is 1.54. The van der Waals surface area contributed by atoms with Gasteiger partial charge in [-0.3, -0.25) is 4.98 Å². The summed E-state index contributed by atoms with van der Waals surface area (Å²) >= 11 is 0. The lowest BCUT2D eigenvalue weighted by Gasteiger charge is -2.00. The Morgan fingerprint density at radius 3 is 2.73 bits per heavy atom. The molecule has 0 bridgehead atoms. The van der Waals surface area contributed by atoms with Crippen molar-refractivity contribution in [2.24, 2.45) is 5.73 Å². The molecule has 0 saturated heterocycles. The lowest BCUT2D eigenvalue weighted by Crippen LogP contribution is -2.08. The van der Waals surface area contributed by atoms with Crippen LogP contribution in [0.1, 0.15) is 25.3 Å². The van der Waals surface area contributed by atoms with E-state index in [1.807, 2.05) is 19.1 Å². The van der Waals surface area contributed by atoms with Crippen molar-refractivity contribution in [3.05, 3.63) is 30.4 Å². The van der Waals surface area contributed by atoms with E-state index < -0.39 is 0 Å². The van der Waals surface area contributed by atoms with Crippen molar-refractivity contribution >= 4 is 0 Å². The van der Waals surface area contributed by atoms with Crippen LogP contribution >= 0.6 is 0 Å². The summed E-state index contributed by atoms with van der Waals surface area (Å²) in [5, 5.41) is 7.83. The molecule has 0 aromatic carbocycles. The van der Waals surface area contributed by atoms with Gasteiger partial charge in [0.1, 0.15) is 0 Å². The van der Waals surface area contributed by atoms with Gasteiger partial charge in [-0.1, -0.05) is 6.92 Å². The molecule has 78 valence electrons. The molecule has 5 heteroatoms. The Hall–Kier alpha value is -1.75. The molecule has 2 rings (SSSR count). The highest BCUT2D eigenvalue weighted by atomic mass is 16.4. The van der Waals surface area contributed by atoms with Gasteiger partial charge in [0, 0.05) is 18.0 Å². The van der Waals surface area contributed by atoms with Crippen LogP contribution in [0.15, 0.2) is 28.9 Å². The zero-order valence-electron chi connectivity index (χ0n) is 8.42. The molecule has 0 spiro atoms. The fourth-order valence-electron chi connectivity index (χ4n) is 1.17. The van der Waals surface area contributed by atoms with Gasteiger partial charge in [-0.2, -0.15) is 0 Å². The zero-order valence-corrected chi connectivity index (χ0v) is 8.42. The van der Waals surface area contributed by atoms with Gasteiger partial charge in [-0.05, 0) is 18.6 Å². The summed E-state index contributed by atoms with van der Waals surface area (Å²) in [6, 6.07) is 3.44. The number of hydrogen-bond acceptors (Lipinski definition) is 5. The molecule has 0 aliphatic rings. The fraction of sp³-hybridized carbons (Fsp3) is 0.300. The van der Waals surface area contributed by atoms with Gasteiger partial charge < -0.3 is 10.2 Å². The second kappa shape index (κ2) is 4.18. The normalized spacial score (nSPS) is 12.7. The maximum atomic E-state index is 5.78. The van der Waals surface area contributed by atoms with Gasteiger partial charge >= 0.3 is 0 Å². The van der Waals surface area contributed by atoms with Crippen molar-refractivity contribution in [2.45, 2.75) is 19.4 Å². The number of pyridine rings is 1. The minimum Gasteiger partial charge on any atom is -0.419 e. The van der Waals surface area contributed by atoms with Gasteiger partial charge in [0.25, 0.3) is 0 Å². The van der Waals surface area contributed by atoms with E-state index in [0.29, 0.717) is 11.8 Å². The highest BCUT2D eigenvalue weighted by molar-refractivity contribution is 5.50. The molecular weight excluding hydrogens is 192 g/mol. The summed E-state index contributed by atoms with van der Waals surface area (Å²) in [6.07, 6.45) is 4.13. The molecule has 0 fully saturated rings. The quantitative estimate of drug-likeness (QED) is 0.820. The molecule has 2 N–H and O–H groups in total. The molecule has 0 aliphatic carbocycles. The predicted molar refractivity (Wildman–Crippen MR) is 54.7 cm³/mol. The molecule has 1 atom stereocenters. The van der Waals surface area contributed by atoms with Crippen molar-refractivity contribution in [3.8, 4) is 11.5 Å². The van der Waals surface area contributed by atoms with Crippen LogP contribution < -0.4 is 5.73 Å². The largest absolute Gasteiger partial charge is 0.419 e. The second-order valence-corrected chi connectivity index (χ2v) is 3.20. The van der Waals surface area contributed by atoms with Crippen LogP contribution in [0.3, 0.4) is 0 Å². The molecule has 0 amide bonds. The summed E-state index contributed by atoms with van der Waals surface area (Å²) in [4.78, 5) is 3.91. The average Bonchev–Trinajstić information content (AvgIpc) is 2.78. The smallest absolute Gasteiger partial charge is 0.247 e.